The van der Waals surface area contributed by atoms with Crippen molar-refractivity contribution in [3.63, 3.8) is 0 Å². The lowest BCUT2D eigenvalue weighted by atomic mass is 10.1. The lowest BCUT2D eigenvalue weighted by molar-refractivity contribution is -0.125. The summed E-state index contributed by atoms with van der Waals surface area (Å²) in [6, 6.07) is 0. The summed E-state index contributed by atoms with van der Waals surface area (Å²) >= 11 is 0. The number of likely N-dealkylation sites (tertiary alicyclic amines) is 1. The molecule has 5 nitrogen and oxygen atoms in total. The molecular weight excluding hydrogens is 180 g/mol. The van der Waals surface area contributed by atoms with Crippen molar-refractivity contribution in [1.29, 1.82) is 0 Å². The summed E-state index contributed by atoms with van der Waals surface area (Å²) in [4.78, 5) is 13.4. The molecule has 5 N–H and O–H groups in total. The summed E-state index contributed by atoms with van der Waals surface area (Å²) < 4.78 is 0. The van der Waals surface area contributed by atoms with Crippen molar-refractivity contribution in [2.24, 2.45) is 23.4 Å². The third-order valence-electron chi connectivity index (χ3n) is 2.83. The average Bonchev–Trinajstić information content (AvgIpc) is 2.64. The molecule has 0 aromatic heterocycles. The van der Waals surface area contributed by atoms with Crippen LogP contribution in [-0.2, 0) is 4.79 Å². The van der Waals surface area contributed by atoms with Crippen LogP contribution in [-0.4, -0.2) is 37.0 Å². The fraction of sp³-hybridized carbons (Fsp3) is 0.889. The lowest BCUT2D eigenvalue weighted by Crippen LogP contribution is -2.40. The molecule has 2 unspecified atom stereocenters. The molecule has 5 heteroatoms. The van der Waals surface area contributed by atoms with Gasteiger partial charge in [-0.2, -0.15) is 0 Å². The number of hydrogen-bond donors (Lipinski definition) is 3. The second kappa shape index (κ2) is 5.29. The van der Waals surface area contributed by atoms with Gasteiger partial charge in [0.15, 0.2) is 0 Å². The number of hydrazine groups is 1. The zero-order chi connectivity index (χ0) is 10.6. The number of hydrogen-bond acceptors (Lipinski definition) is 4. The van der Waals surface area contributed by atoms with E-state index in [9.17, 15) is 4.79 Å². The van der Waals surface area contributed by atoms with E-state index >= 15 is 0 Å². The van der Waals surface area contributed by atoms with Crippen LogP contribution < -0.4 is 17.0 Å². The predicted octanol–water partition coefficient (Wildman–Crippen LogP) is -1.11. The lowest BCUT2D eigenvalue weighted by Gasteiger charge is -2.19. The van der Waals surface area contributed by atoms with Crippen molar-refractivity contribution in [2.45, 2.75) is 13.3 Å². The fourth-order valence-electron chi connectivity index (χ4n) is 1.88. The Labute approximate surface area is 84.8 Å². The van der Waals surface area contributed by atoms with Crippen LogP contribution in [0.15, 0.2) is 0 Å². The molecule has 0 aromatic rings. The van der Waals surface area contributed by atoms with Crippen molar-refractivity contribution >= 4 is 5.91 Å². The quantitative estimate of drug-likeness (QED) is 0.305. The van der Waals surface area contributed by atoms with E-state index in [0.717, 1.165) is 32.6 Å². The highest BCUT2D eigenvalue weighted by atomic mass is 16.2. The topological polar surface area (TPSA) is 84.4 Å². The van der Waals surface area contributed by atoms with Gasteiger partial charge in [-0.15, -0.1) is 0 Å². The number of nitrogens with zero attached hydrogens (tertiary/aromatic N) is 1. The smallest absolute Gasteiger partial charge is 0.237 e. The molecule has 0 spiro atoms. The van der Waals surface area contributed by atoms with Gasteiger partial charge >= 0.3 is 0 Å². The SMILES string of the molecule is CC(CN1CCC(CN)C1)C(=O)NN. The van der Waals surface area contributed by atoms with Crippen molar-refractivity contribution < 1.29 is 4.79 Å². The summed E-state index contributed by atoms with van der Waals surface area (Å²) in [6.07, 6.45) is 1.15. The highest BCUT2D eigenvalue weighted by molar-refractivity contribution is 5.77. The molecule has 0 aliphatic carbocycles. The van der Waals surface area contributed by atoms with Crippen LogP contribution in [0.2, 0.25) is 0 Å². The Morgan fingerprint density at radius 1 is 1.71 bits per heavy atom. The molecule has 0 radical (unpaired) electrons. The molecule has 1 saturated heterocycles. The molecule has 1 fully saturated rings. The number of rotatable bonds is 4. The maximum atomic E-state index is 11.2. The zero-order valence-electron chi connectivity index (χ0n) is 8.70. The Morgan fingerprint density at radius 2 is 2.43 bits per heavy atom. The summed E-state index contributed by atoms with van der Waals surface area (Å²) in [5, 5.41) is 0. The Morgan fingerprint density at radius 3 is 2.93 bits per heavy atom. The maximum absolute atomic E-state index is 11.2. The average molecular weight is 200 g/mol. The van der Waals surface area contributed by atoms with Crippen molar-refractivity contribution in [1.82, 2.24) is 10.3 Å². The van der Waals surface area contributed by atoms with Gasteiger partial charge < -0.3 is 10.6 Å². The number of carbonyl (C=O) groups is 1. The third-order valence-corrected chi connectivity index (χ3v) is 2.83. The summed E-state index contributed by atoms with van der Waals surface area (Å²) in [7, 11) is 0. The van der Waals surface area contributed by atoms with Gasteiger partial charge in [-0.25, -0.2) is 5.84 Å². The van der Waals surface area contributed by atoms with Crippen LogP contribution in [0.4, 0.5) is 0 Å². The minimum atomic E-state index is -0.0961. The zero-order valence-corrected chi connectivity index (χ0v) is 8.70. The summed E-state index contributed by atoms with van der Waals surface area (Å²) in [5.74, 6) is 5.52. The van der Waals surface area contributed by atoms with E-state index in [2.05, 4.69) is 10.3 Å². The van der Waals surface area contributed by atoms with Crippen LogP contribution in [0, 0.1) is 11.8 Å². The highest BCUT2D eigenvalue weighted by Crippen LogP contribution is 2.15. The first-order chi connectivity index (χ1) is 6.67. The number of nitrogens with one attached hydrogen (secondary N) is 1. The molecule has 0 saturated carbocycles. The van der Waals surface area contributed by atoms with Gasteiger partial charge in [-0.1, -0.05) is 6.92 Å². The summed E-state index contributed by atoms with van der Waals surface area (Å²) in [5.41, 5.74) is 7.76. The minimum absolute atomic E-state index is 0.0449. The van der Waals surface area contributed by atoms with Crippen LogP contribution >= 0.6 is 0 Å². The van der Waals surface area contributed by atoms with E-state index in [4.69, 9.17) is 11.6 Å². The van der Waals surface area contributed by atoms with E-state index in [1.807, 2.05) is 6.92 Å². The standard InChI is InChI=1S/C9H20N4O/c1-7(9(14)12-11)5-13-3-2-8(4-10)6-13/h7-8H,2-6,10-11H2,1H3,(H,12,14). The number of amides is 1. The van der Waals surface area contributed by atoms with E-state index in [0.29, 0.717) is 5.92 Å². The van der Waals surface area contributed by atoms with Crippen molar-refractivity contribution in [2.75, 3.05) is 26.2 Å². The van der Waals surface area contributed by atoms with Crippen molar-refractivity contribution in [3.8, 4) is 0 Å². The second-order valence-corrected chi connectivity index (χ2v) is 4.06. The molecule has 1 rings (SSSR count). The van der Waals surface area contributed by atoms with Gasteiger partial charge in [0, 0.05) is 19.0 Å². The van der Waals surface area contributed by atoms with Crippen molar-refractivity contribution in [3.05, 3.63) is 0 Å². The number of carbonyl (C=O) groups excluding carboxylic acids is 1. The van der Waals surface area contributed by atoms with Crippen LogP contribution in [0.3, 0.4) is 0 Å². The van der Waals surface area contributed by atoms with Gasteiger partial charge in [0.25, 0.3) is 0 Å². The van der Waals surface area contributed by atoms with Crippen LogP contribution in [0.5, 0.6) is 0 Å². The molecule has 1 aliphatic heterocycles. The first-order valence-corrected chi connectivity index (χ1v) is 5.10. The van der Waals surface area contributed by atoms with Gasteiger partial charge in [0.2, 0.25) is 5.91 Å². The normalized spacial score (nSPS) is 24.9. The second-order valence-electron chi connectivity index (χ2n) is 4.06. The first kappa shape index (κ1) is 11.4. The Bertz CT molecular complexity index is 197. The van der Waals surface area contributed by atoms with Gasteiger partial charge in [-0.05, 0) is 25.4 Å². The maximum Gasteiger partial charge on any atom is 0.237 e. The molecular formula is C9H20N4O. The monoisotopic (exact) mass is 200 g/mol. The van der Waals surface area contributed by atoms with E-state index in [1.54, 1.807) is 0 Å². The Balaban J connectivity index is 2.28. The van der Waals surface area contributed by atoms with Crippen LogP contribution in [0.1, 0.15) is 13.3 Å². The van der Waals surface area contributed by atoms with E-state index in [-0.39, 0.29) is 11.8 Å². The first-order valence-electron chi connectivity index (χ1n) is 5.10. The van der Waals surface area contributed by atoms with Gasteiger partial charge in [0.05, 0.1) is 0 Å². The van der Waals surface area contributed by atoms with E-state index in [1.165, 1.54) is 0 Å². The molecule has 0 aromatic carbocycles. The van der Waals surface area contributed by atoms with Crippen LogP contribution in [0.25, 0.3) is 0 Å². The molecule has 82 valence electrons. The molecule has 1 aliphatic rings. The molecule has 1 heterocycles. The van der Waals surface area contributed by atoms with Gasteiger partial charge in [0.1, 0.15) is 0 Å². The third kappa shape index (κ3) is 2.94. The number of nitrogens with two attached hydrogens (primary N) is 2. The largest absolute Gasteiger partial charge is 0.330 e. The Hall–Kier alpha value is -0.650. The fourth-order valence-corrected chi connectivity index (χ4v) is 1.88. The molecule has 1 amide bonds. The summed E-state index contributed by atoms with van der Waals surface area (Å²) in [6.45, 7) is 5.47. The predicted molar refractivity (Wildman–Crippen MR) is 55.1 cm³/mol. The van der Waals surface area contributed by atoms with E-state index < -0.39 is 0 Å². The minimum Gasteiger partial charge on any atom is -0.330 e. The Kier molecular flexibility index (Phi) is 4.31. The molecule has 2 atom stereocenters. The molecule has 14 heavy (non-hydrogen) atoms. The molecule has 0 bridgehead atoms. The van der Waals surface area contributed by atoms with Gasteiger partial charge in [-0.3, -0.25) is 10.2 Å². The highest BCUT2D eigenvalue weighted by Gasteiger charge is 2.24.